The molecule has 0 aliphatic heterocycles. The van der Waals surface area contributed by atoms with Gasteiger partial charge in [0.15, 0.2) is 0 Å². The van der Waals surface area contributed by atoms with Crippen molar-refractivity contribution in [2.24, 2.45) is 0 Å². The Morgan fingerprint density at radius 3 is 1.41 bits per heavy atom. The Balaban J connectivity index is 1.89. The summed E-state index contributed by atoms with van der Waals surface area (Å²) in [5.41, 5.74) is 15.6. The van der Waals surface area contributed by atoms with E-state index < -0.39 is 0 Å². The Bertz CT molecular complexity index is 907. The molecule has 4 aromatic rings. The largest absolute Gasteiger partial charge is 0.399 e. The molecule has 0 atom stereocenters. The van der Waals surface area contributed by atoms with Crippen molar-refractivity contribution in [3.8, 4) is 33.6 Å². The fourth-order valence-electron chi connectivity index (χ4n) is 3.12. The van der Waals surface area contributed by atoms with E-state index >= 15 is 0 Å². The van der Waals surface area contributed by atoms with E-state index in [9.17, 15) is 0 Å². The molecule has 4 rings (SSSR count). The van der Waals surface area contributed by atoms with Gasteiger partial charge in [0, 0.05) is 16.8 Å². The Kier molecular flexibility index (Phi) is 4.47. The maximum Gasteiger partial charge on any atom is 0.0715 e. The maximum absolute atomic E-state index is 5.85. The van der Waals surface area contributed by atoms with E-state index in [1.807, 2.05) is 24.3 Å². The molecule has 0 saturated carbocycles. The van der Waals surface area contributed by atoms with E-state index in [4.69, 9.17) is 10.7 Å². The molecule has 0 radical (unpaired) electrons. The number of aryl methyl sites for hydroxylation is 2. The first kappa shape index (κ1) is 17.0. The van der Waals surface area contributed by atoms with Crippen LogP contribution < -0.4 is 5.73 Å². The number of benzene rings is 3. The lowest BCUT2D eigenvalue weighted by Crippen LogP contribution is -1.92. The molecule has 2 N–H and O–H groups in total. The second-order valence-corrected chi connectivity index (χ2v) is 6.98. The van der Waals surface area contributed by atoms with Crippen molar-refractivity contribution in [2.45, 2.75) is 13.8 Å². The number of nitrogen functional groups attached to an aromatic ring is 1. The molecule has 132 valence electrons. The summed E-state index contributed by atoms with van der Waals surface area (Å²) in [5, 5.41) is 0. The Morgan fingerprint density at radius 1 is 0.519 bits per heavy atom. The van der Waals surface area contributed by atoms with E-state index in [0.717, 1.165) is 33.8 Å². The summed E-state index contributed by atoms with van der Waals surface area (Å²) in [7, 11) is 0. The van der Waals surface area contributed by atoms with Gasteiger partial charge in [0.05, 0.1) is 11.4 Å². The second-order valence-electron chi connectivity index (χ2n) is 6.98. The maximum atomic E-state index is 5.85. The molecule has 2 heteroatoms. The zero-order valence-corrected chi connectivity index (χ0v) is 15.6. The molecule has 0 saturated heterocycles. The van der Waals surface area contributed by atoms with Crippen molar-refractivity contribution in [2.75, 3.05) is 5.73 Å². The average molecular weight is 350 g/mol. The molecular weight excluding hydrogens is 328 g/mol. The molecule has 0 amide bonds. The van der Waals surface area contributed by atoms with Crippen LogP contribution in [0.1, 0.15) is 11.1 Å². The van der Waals surface area contributed by atoms with Crippen LogP contribution in [0, 0.1) is 13.8 Å². The van der Waals surface area contributed by atoms with Crippen LogP contribution in [0.25, 0.3) is 33.6 Å². The van der Waals surface area contributed by atoms with Gasteiger partial charge in [-0.1, -0.05) is 71.8 Å². The van der Waals surface area contributed by atoms with E-state index in [-0.39, 0.29) is 0 Å². The number of anilines is 1. The molecule has 27 heavy (non-hydrogen) atoms. The highest BCUT2D eigenvalue weighted by Crippen LogP contribution is 2.30. The van der Waals surface area contributed by atoms with Gasteiger partial charge in [-0.3, -0.25) is 0 Å². The molecule has 3 aromatic carbocycles. The summed E-state index contributed by atoms with van der Waals surface area (Å²) in [6.07, 6.45) is 0. The molecular formula is C25H22N2. The van der Waals surface area contributed by atoms with Crippen LogP contribution in [0.3, 0.4) is 0 Å². The third kappa shape index (κ3) is 3.75. The van der Waals surface area contributed by atoms with Gasteiger partial charge in [-0.2, -0.15) is 0 Å². The lowest BCUT2D eigenvalue weighted by molar-refractivity contribution is 1.32. The third-order valence-electron chi connectivity index (χ3n) is 4.76. The number of nitrogens with zero attached hydrogens (tertiary/aromatic N) is 1. The van der Waals surface area contributed by atoms with Crippen molar-refractivity contribution in [1.82, 2.24) is 4.98 Å². The van der Waals surface area contributed by atoms with Crippen molar-refractivity contribution >= 4 is 5.69 Å². The SMILES string of the molecule is Cc1ccc(-c2cc(-c3ccc(C)cc3)nc(-c3ccc(N)cc3)c2)cc1. The molecule has 2 nitrogen and oxygen atoms in total. The van der Waals surface area contributed by atoms with Crippen molar-refractivity contribution < 1.29 is 0 Å². The van der Waals surface area contributed by atoms with Crippen LogP contribution >= 0.6 is 0 Å². The van der Waals surface area contributed by atoms with Crippen LogP contribution in [-0.4, -0.2) is 4.98 Å². The van der Waals surface area contributed by atoms with Gasteiger partial charge in [-0.05, 0) is 49.2 Å². The smallest absolute Gasteiger partial charge is 0.0715 e. The number of nitrogens with two attached hydrogens (primary N) is 1. The minimum Gasteiger partial charge on any atom is -0.399 e. The Hall–Kier alpha value is -3.39. The lowest BCUT2D eigenvalue weighted by Gasteiger charge is -2.11. The van der Waals surface area contributed by atoms with Crippen molar-refractivity contribution in [1.29, 1.82) is 0 Å². The first-order valence-electron chi connectivity index (χ1n) is 9.10. The van der Waals surface area contributed by atoms with E-state index in [0.29, 0.717) is 0 Å². The van der Waals surface area contributed by atoms with Gasteiger partial charge in [0.2, 0.25) is 0 Å². The second kappa shape index (κ2) is 7.08. The zero-order chi connectivity index (χ0) is 18.8. The molecule has 1 aromatic heterocycles. The molecule has 0 fully saturated rings. The van der Waals surface area contributed by atoms with Crippen molar-refractivity contribution in [3.05, 3.63) is 96.1 Å². The first-order chi connectivity index (χ1) is 13.1. The highest BCUT2D eigenvalue weighted by Gasteiger charge is 2.09. The molecule has 0 unspecified atom stereocenters. The standard InChI is InChI=1S/C25H22N2/c1-17-3-7-19(8-4-17)22-15-24(20-9-5-18(2)6-10-20)27-25(16-22)21-11-13-23(26)14-12-21/h3-16H,26H2,1-2H3. The molecule has 0 aliphatic carbocycles. The topological polar surface area (TPSA) is 38.9 Å². The summed E-state index contributed by atoms with van der Waals surface area (Å²) < 4.78 is 0. The minimum atomic E-state index is 0.757. The van der Waals surface area contributed by atoms with Crippen LogP contribution in [0.15, 0.2) is 84.9 Å². The van der Waals surface area contributed by atoms with E-state index in [2.05, 4.69) is 74.5 Å². The van der Waals surface area contributed by atoms with Gasteiger partial charge < -0.3 is 5.73 Å². The van der Waals surface area contributed by atoms with Crippen LogP contribution in [-0.2, 0) is 0 Å². The van der Waals surface area contributed by atoms with Crippen LogP contribution in [0.5, 0.6) is 0 Å². The summed E-state index contributed by atoms with van der Waals surface area (Å²) in [4.78, 5) is 4.94. The van der Waals surface area contributed by atoms with Gasteiger partial charge in [0.25, 0.3) is 0 Å². The molecule has 1 heterocycles. The van der Waals surface area contributed by atoms with E-state index in [1.165, 1.54) is 16.7 Å². The quantitative estimate of drug-likeness (QED) is 0.441. The Labute approximate surface area is 160 Å². The van der Waals surface area contributed by atoms with Crippen LogP contribution in [0.2, 0.25) is 0 Å². The lowest BCUT2D eigenvalue weighted by atomic mass is 9.99. The summed E-state index contributed by atoms with van der Waals surface area (Å²) in [6, 6.07) is 29.3. The fourth-order valence-corrected chi connectivity index (χ4v) is 3.12. The Morgan fingerprint density at radius 2 is 0.926 bits per heavy atom. The molecule has 0 bridgehead atoms. The predicted octanol–water partition coefficient (Wildman–Crippen LogP) is 6.28. The number of rotatable bonds is 3. The summed E-state index contributed by atoms with van der Waals surface area (Å²) in [5.74, 6) is 0. The van der Waals surface area contributed by atoms with Crippen molar-refractivity contribution in [3.63, 3.8) is 0 Å². The van der Waals surface area contributed by atoms with Gasteiger partial charge >= 0.3 is 0 Å². The summed E-state index contributed by atoms with van der Waals surface area (Å²) >= 11 is 0. The summed E-state index contributed by atoms with van der Waals surface area (Å²) in [6.45, 7) is 4.20. The normalized spacial score (nSPS) is 10.7. The number of hydrogen-bond donors (Lipinski definition) is 1. The average Bonchev–Trinajstić information content (AvgIpc) is 2.69. The number of hydrogen-bond acceptors (Lipinski definition) is 2. The van der Waals surface area contributed by atoms with Gasteiger partial charge in [-0.25, -0.2) is 4.98 Å². The highest BCUT2D eigenvalue weighted by atomic mass is 14.7. The molecule has 0 spiro atoms. The predicted molar refractivity (Wildman–Crippen MR) is 114 cm³/mol. The minimum absolute atomic E-state index is 0.757. The number of aromatic nitrogens is 1. The molecule has 0 aliphatic rings. The van der Waals surface area contributed by atoms with Gasteiger partial charge in [-0.15, -0.1) is 0 Å². The van der Waals surface area contributed by atoms with Gasteiger partial charge in [0.1, 0.15) is 0 Å². The zero-order valence-electron chi connectivity index (χ0n) is 15.6. The van der Waals surface area contributed by atoms with E-state index in [1.54, 1.807) is 0 Å². The monoisotopic (exact) mass is 350 g/mol. The highest BCUT2D eigenvalue weighted by molar-refractivity contribution is 5.77. The first-order valence-corrected chi connectivity index (χ1v) is 9.10. The van der Waals surface area contributed by atoms with Crippen LogP contribution in [0.4, 0.5) is 5.69 Å². The fraction of sp³-hybridized carbons (Fsp3) is 0.0800. The third-order valence-corrected chi connectivity index (χ3v) is 4.76. The number of pyridine rings is 1.